The summed E-state index contributed by atoms with van der Waals surface area (Å²) in [5.74, 6) is -0.152. The number of hydrogen-bond acceptors (Lipinski definition) is 4. The average molecular weight is 370 g/mol. The van der Waals surface area contributed by atoms with E-state index >= 15 is 0 Å². The summed E-state index contributed by atoms with van der Waals surface area (Å²) in [5, 5.41) is 11.0. The van der Waals surface area contributed by atoms with Crippen molar-refractivity contribution < 1.29 is 73.5 Å². The van der Waals surface area contributed by atoms with E-state index in [1.807, 2.05) is 30.3 Å². The molecule has 8 heteroatoms. The van der Waals surface area contributed by atoms with E-state index in [-0.39, 0.29) is 81.9 Å². The van der Waals surface area contributed by atoms with Gasteiger partial charge in [0, 0.05) is 30.3 Å². The summed E-state index contributed by atoms with van der Waals surface area (Å²) in [5.41, 5.74) is 2.61. The largest absolute Gasteiger partial charge is 1.00 e. The summed E-state index contributed by atoms with van der Waals surface area (Å²) in [6.45, 7) is 0.0171. The number of aliphatic imine (C=N–C) groups is 1. The van der Waals surface area contributed by atoms with E-state index in [1.54, 1.807) is 13.1 Å². The number of rotatable bonds is 2. The molecule has 0 saturated carbocycles. The van der Waals surface area contributed by atoms with Gasteiger partial charge in [-0.3, -0.25) is 19.9 Å². The van der Waals surface area contributed by atoms with Crippen molar-refractivity contribution >= 4 is 23.0 Å². The quantitative estimate of drug-likeness (QED) is 0.312. The molecule has 0 radical (unpaired) electrons. The van der Waals surface area contributed by atoms with Gasteiger partial charge < -0.3 is 17.3 Å². The minimum absolute atomic E-state index is 0. The van der Waals surface area contributed by atoms with Crippen molar-refractivity contribution in [1.29, 1.82) is 0 Å². The van der Waals surface area contributed by atoms with Crippen LogP contribution >= 0.6 is 0 Å². The summed E-state index contributed by atoms with van der Waals surface area (Å²) in [7, 11) is 1.65. The van der Waals surface area contributed by atoms with Gasteiger partial charge in [0.25, 0.3) is 5.69 Å². The fourth-order valence-corrected chi connectivity index (χ4v) is 2.43. The molecule has 118 valence electrons. The maximum atomic E-state index is 12.1. The van der Waals surface area contributed by atoms with Crippen LogP contribution in [-0.4, -0.2) is 30.1 Å². The number of hydrogen-bond donors (Lipinski definition) is 0. The Labute approximate surface area is 187 Å². The molecule has 0 N–H and O–H groups in total. The van der Waals surface area contributed by atoms with Gasteiger partial charge in [0.05, 0.1) is 16.3 Å². The van der Waals surface area contributed by atoms with Crippen molar-refractivity contribution in [3.05, 3.63) is 69.8 Å². The number of nitro groups is 1. The smallest absolute Gasteiger partial charge is 1.00 e. The van der Waals surface area contributed by atoms with Gasteiger partial charge in [-0.2, -0.15) is 0 Å². The Hall–Kier alpha value is -1.09. The maximum Gasteiger partial charge on any atom is 1.00 e. The molecular formula is C16H13ClKN3O3. The second kappa shape index (κ2) is 8.84. The molecule has 0 bridgehead atoms. The number of likely N-dealkylation sites (N-methyl/N-ethyl adjacent to an activating group) is 1. The molecule has 2 aromatic rings. The fourth-order valence-electron chi connectivity index (χ4n) is 2.43. The van der Waals surface area contributed by atoms with E-state index in [0.29, 0.717) is 17.0 Å². The second-order valence-corrected chi connectivity index (χ2v) is 4.94. The van der Waals surface area contributed by atoms with Crippen LogP contribution in [0.3, 0.4) is 0 Å². The number of fused-ring (bicyclic) bond motifs is 1. The molecule has 0 aliphatic carbocycles. The van der Waals surface area contributed by atoms with Crippen molar-refractivity contribution in [2.75, 3.05) is 18.5 Å². The zero-order chi connectivity index (χ0) is 15.7. The number of benzodiazepines with no additional fused rings is 1. The standard InChI is InChI=1S/C16H13N3O3.ClH.K/c1-18-14-8-7-12(19(21)22)9-13(14)16(17-10-15(18)20)11-5-3-2-4-6-11;;/h2-9H,10H2,1H3;1H;/q;;+1/p-1. The molecule has 0 spiro atoms. The SMILES string of the molecule is CN1C(=O)CN=C(c2ccccc2)c2cc([N+](=O)[O-])ccc21.[Cl-].[K+]. The maximum absolute atomic E-state index is 12.1. The van der Waals surface area contributed by atoms with E-state index < -0.39 is 4.92 Å². The van der Waals surface area contributed by atoms with Crippen LogP contribution in [0.5, 0.6) is 0 Å². The molecule has 0 unspecified atom stereocenters. The minimum atomic E-state index is -0.449. The molecule has 2 aromatic carbocycles. The minimum Gasteiger partial charge on any atom is -1.00 e. The molecule has 0 aromatic heterocycles. The zero-order valence-corrected chi connectivity index (χ0v) is 17.1. The molecule has 6 nitrogen and oxygen atoms in total. The summed E-state index contributed by atoms with van der Waals surface area (Å²) >= 11 is 0. The molecule has 3 rings (SSSR count). The molecular weight excluding hydrogens is 357 g/mol. The van der Waals surface area contributed by atoms with Gasteiger partial charge in [-0.15, -0.1) is 0 Å². The Bertz CT molecular complexity index is 796. The average Bonchev–Trinajstić information content (AvgIpc) is 2.66. The summed E-state index contributed by atoms with van der Waals surface area (Å²) in [4.78, 5) is 28.5. The van der Waals surface area contributed by atoms with Crippen LogP contribution in [0.15, 0.2) is 53.5 Å². The van der Waals surface area contributed by atoms with E-state index in [4.69, 9.17) is 0 Å². The van der Waals surface area contributed by atoms with Crippen LogP contribution in [0.2, 0.25) is 0 Å². The number of nitrogens with zero attached hydrogens (tertiary/aromatic N) is 3. The first-order valence-electron chi connectivity index (χ1n) is 6.73. The molecule has 0 fully saturated rings. The van der Waals surface area contributed by atoms with Crippen LogP contribution in [0.1, 0.15) is 11.1 Å². The number of non-ortho nitro benzene ring substituents is 1. The first kappa shape index (κ1) is 21.0. The first-order chi connectivity index (χ1) is 10.6. The topological polar surface area (TPSA) is 75.8 Å². The van der Waals surface area contributed by atoms with Gasteiger partial charge in [-0.25, -0.2) is 0 Å². The first-order valence-corrected chi connectivity index (χ1v) is 6.73. The number of carbonyl (C=O) groups is 1. The molecule has 24 heavy (non-hydrogen) atoms. The predicted molar refractivity (Wildman–Crippen MR) is 83.5 cm³/mol. The summed E-state index contributed by atoms with van der Waals surface area (Å²) in [6, 6.07) is 13.8. The van der Waals surface area contributed by atoms with E-state index in [9.17, 15) is 14.9 Å². The van der Waals surface area contributed by atoms with E-state index in [1.165, 1.54) is 17.0 Å². The van der Waals surface area contributed by atoms with Crippen LogP contribution in [0, 0.1) is 10.1 Å². The molecule has 0 saturated heterocycles. The number of benzene rings is 2. The third kappa shape index (κ3) is 4.11. The number of carbonyl (C=O) groups excluding carboxylic acids is 1. The Balaban J connectivity index is 0.00000144. The number of halogens is 1. The van der Waals surface area contributed by atoms with Crippen LogP contribution < -0.4 is 68.7 Å². The zero-order valence-electron chi connectivity index (χ0n) is 13.3. The fraction of sp³-hybridized carbons (Fsp3) is 0.125. The van der Waals surface area contributed by atoms with Crippen LogP contribution in [0.25, 0.3) is 0 Å². The molecule has 1 aliphatic rings. The van der Waals surface area contributed by atoms with Gasteiger partial charge in [0.2, 0.25) is 5.91 Å². The monoisotopic (exact) mass is 369 g/mol. The summed E-state index contributed by atoms with van der Waals surface area (Å²) < 4.78 is 0. The Morgan fingerprint density at radius 2 is 1.83 bits per heavy atom. The normalized spacial score (nSPS) is 13.0. The van der Waals surface area contributed by atoms with Crippen molar-refractivity contribution in [2.24, 2.45) is 4.99 Å². The van der Waals surface area contributed by atoms with Gasteiger partial charge in [-0.05, 0) is 6.07 Å². The van der Waals surface area contributed by atoms with E-state index in [0.717, 1.165) is 5.56 Å². The number of amides is 1. The van der Waals surface area contributed by atoms with E-state index in [2.05, 4.69) is 4.99 Å². The van der Waals surface area contributed by atoms with Crippen molar-refractivity contribution in [3.63, 3.8) is 0 Å². The van der Waals surface area contributed by atoms with Gasteiger partial charge in [-0.1, -0.05) is 30.3 Å². The Morgan fingerprint density at radius 3 is 2.46 bits per heavy atom. The Morgan fingerprint density at radius 1 is 1.17 bits per heavy atom. The third-order valence-corrected chi connectivity index (χ3v) is 3.60. The molecule has 1 heterocycles. The number of anilines is 1. The third-order valence-electron chi connectivity index (χ3n) is 3.60. The predicted octanol–water partition coefficient (Wildman–Crippen LogP) is -3.58. The number of nitro benzene ring substituents is 1. The second-order valence-electron chi connectivity index (χ2n) is 4.94. The molecule has 1 aliphatic heterocycles. The van der Waals surface area contributed by atoms with Gasteiger partial charge in [0.15, 0.2) is 0 Å². The van der Waals surface area contributed by atoms with Gasteiger partial charge in [0.1, 0.15) is 6.54 Å². The van der Waals surface area contributed by atoms with Crippen molar-refractivity contribution in [3.8, 4) is 0 Å². The van der Waals surface area contributed by atoms with Crippen LogP contribution in [-0.2, 0) is 4.79 Å². The summed E-state index contributed by atoms with van der Waals surface area (Å²) in [6.07, 6.45) is 0. The molecule has 0 atom stereocenters. The molecule has 1 amide bonds. The van der Waals surface area contributed by atoms with Crippen LogP contribution in [0.4, 0.5) is 11.4 Å². The van der Waals surface area contributed by atoms with Crippen molar-refractivity contribution in [1.82, 2.24) is 0 Å². The Kier molecular flexibility index (Phi) is 7.72. The van der Waals surface area contributed by atoms with Gasteiger partial charge >= 0.3 is 51.4 Å². The van der Waals surface area contributed by atoms with Crippen molar-refractivity contribution in [2.45, 2.75) is 0 Å².